The molecule has 0 aromatic heterocycles. The molecule has 48 heavy (non-hydrogen) atoms. The molecule has 4 aromatic rings. The number of hydrogen-bond donors (Lipinski definition) is 1. The normalized spacial score (nSPS) is 12.1. The van der Waals surface area contributed by atoms with Gasteiger partial charge in [0.15, 0.2) is 0 Å². The van der Waals surface area contributed by atoms with E-state index in [2.05, 4.69) is 5.32 Å². The summed E-state index contributed by atoms with van der Waals surface area (Å²) in [7, 11) is -1.42. The minimum absolute atomic E-state index is 0.00201. The van der Waals surface area contributed by atoms with Gasteiger partial charge in [-0.25, -0.2) is 8.42 Å². The average molecular weight is 672 g/mol. The van der Waals surface area contributed by atoms with Crippen molar-refractivity contribution >= 4 is 27.5 Å². The first-order chi connectivity index (χ1) is 22.7. The third kappa shape index (κ3) is 9.16. The van der Waals surface area contributed by atoms with Crippen LogP contribution in [0.25, 0.3) is 0 Å². The van der Waals surface area contributed by atoms with Crippen molar-refractivity contribution in [1.82, 2.24) is 10.2 Å². The van der Waals surface area contributed by atoms with Gasteiger partial charge in [-0.2, -0.15) is 0 Å². The molecule has 254 valence electrons. The van der Waals surface area contributed by atoms with Crippen molar-refractivity contribution in [2.24, 2.45) is 0 Å². The Morgan fingerprint density at radius 2 is 1.40 bits per heavy atom. The molecule has 0 saturated carbocycles. The number of hydrogen-bond acceptors (Lipinski definition) is 6. The number of carbonyl (C=O) groups is 2. The van der Waals surface area contributed by atoms with E-state index in [1.165, 1.54) is 37.3 Å². The van der Waals surface area contributed by atoms with Crippen LogP contribution in [0, 0.1) is 13.8 Å². The van der Waals surface area contributed by atoms with Crippen molar-refractivity contribution in [2.45, 2.75) is 64.1 Å². The summed E-state index contributed by atoms with van der Waals surface area (Å²) >= 11 is 0. The lowest BCUT2D eigenvalue weighted by atomic mass is 10.0. The van der Waals surface area contributed by atoms with Gasteiger partial charge < -0.3 is 19.7 Å². The molecule has 0 bridgehead atoms. The van der Waals surface area contributed by atoms with Gasteiger partial charge in [-0.15, -0.1) is 0 Å². The predicted octanol–water partition coefficient (Wildman–Crippen LogP) is 6.07. The van der Waals surface area contributed by atoms with Crippen molar-refractivity contribution in [3.05, 3.63) is 119 Å². The van der Waals surface area contributed by atoms with Crippen LogP contribution >= 0.6 is 0 Å². The van der Waals surface area contributed by atoms with Gasteiger partial charge in [0.2, 0.25) is 11.8 Å². The zero-order valence-corrected chi connectivity index (χ0v) is 29.5. The van der Waals surface area contributed by atoms with E-state index in [0.717, 1.165) is 26.6 Å². The topological polar surface area (TPSA) is 105 Å². The number of carbonyl (C=O) groups excluding carboxylic acids is 2. The van der Waals surface area contributed by atoms with Crippen LogP contribution in [0.15, 0.2) is 102 Å². The Bertz CT molecular complexity index is 1800. The number of rotatable bonds is 13. The largest absolute Gasteiger partial charge is 0.497 e. The minimum atomic E-state index is -4.32. The van der Waals surface area contributed by atoms with Crippen molar-refractivity contribution in [2.75, 3.05) is 25.1 Å². The standard InChI is InChI=1S/C38H45N3O6S/c1-27-13-17-30(18-14-27)25-40(34(37(43)39-38(3,4)5)23-29-11-9-8-10-12-29)36(42)26-41(33-24-31(46-6)19-22-35(33)47-7)48(44,45)32-20-15-28(2)16-21-32/h8-22,24,34H,23,25-26H2,1-7H3,(H,39,43)/t34-/m0/s1. The molecule has 4 rings (SSSR count). The number of anilines is 1. The van der Waals surface area contributed by atoms with Gasteiger partial charge >= 0.3 is 0 Å². The number of nitrogens with zero attached hydrogens (tertiary/aromatic N) is 2. The third-order valence-electron chi connectivity index (χ3n) is 7.79. The van der Waals surface area contributed by atoms with Crippen LogP contribution in [0.1, 0.15) is 43.0 Å². The Labute approximate surface area is 284 Å². The molecule has 10 heteroatoms. The second-order valence-corrected chi connectivity index (χ2v) is 14.7. The fourth-order valence-electron chi connectivity index (χ4n) is 5.24. The molecule has 0 heterocycles. The molecule has 0 spiro atoms. The summed E-state index contributed by atoms with van der Waals surface area (Å²) in [4.78, 5) is 30.3. The molecule has 1 atom stereocenters. The summed E-state index contributed by atoms with van der Waals surface area (Å²) in [6.45, 7) is 8.92. The Morgan fingerprint density at radius 3 is 1.96 bits per heavy atom. The second kappa shape index (κ2) is 15.4. The van der Waals surface area contributed by atoms with E-state index in [0.29, 0.717) is 5.75 Å². The first-order valence-electron chi connectivity index (χ1n) is 15.7. The number of ether oxygens (including phenoxy) is 2. The molecule has 2 amide bonds. The molecule has 0 radical (unpaired) electrons. The van der Waals surface area contributed by atoms with Crippen LogP contribution in [0.4, 0.5) is 5.69 Å². The molecule has 0 aliphatic carbocycles. The Morgan fingerprint density at radius 1 is 0.792 bits per heavy atom. The molecule has 0 unspecified atom stereocenters. The molecule has 9 nitrogen and oxygen atoms in total. The first kappa shape index (κ1) is 36.0. The van der Waals surface area contributed by atoms with E-state index >= 15 is 0 Å². The molecular weight excluding hydrogens is 627 g/mol. The zero-order valence-electron chi connectivity index (χ0n) is 28.7. The molecule has 0 saturated heterocycles. The number of benzene rings is 4. The van der Waals surface area contributed by atoms with Gasteiger partial charge in [-0.05, 0) is 70.0 Å². The van der Waals surface area contributed by atoms with Gasteiger partial charge in [-0.1, -0.05) is 77.9 Å². The maximum absolute atomic E-state index is 14.8. The van der Waals surface area contributed by atoms with Crippen LogP contribution in [0.2, 0.25) is 0 Å². The minimum Gasteiger partial charge on any atom is -0.497 e. The van der Waals surface area contributed by atoms with Crippen molar-refractivity contribution in [3.8, 4) is 11.5 Å². The molecule has 0 aliphatic heterocycles. The highest BCUT2D eigenvalue weighted by Crippen LogP contribution is 2.36. The number of aryl methyl sites for hydroxylation is 2. The first-order valence-corrected chi connectivity index (χ1v) is 17.2. The summed E-state index contributed by atoms with van der Waals surface area (Å²) < 4.78 is 40.9. The SMILES string of the molecule is COc1ccc(OC)c(N(CC(=O)N(Cc2ccc(C)cc2)[C@@H](Cc2ccccc2)C(=O)NC(C)(C)C)S(=O)(=O)c2ccc(C)cc2)c1. The molecular formula is C38H45N3O6S. The highest BCUT2D eigenvalue weighted by atomic mass is 32.2. The van der Waals surface area contributed by atoms with E-state index in [-0.39, 0.29) is 35.2 Å². The zero-order chi connectivity index (χ0) is 35.1. The van der Waals surface area contributed by atoms with Gasteiger partial charge in [-0.3, -0.25) is 13.9 Å². The van der Waals surface area contributed by atoms with E-state index in [9.17, 15) is 18.0 Å². The monoisotopic (exact) mass is 671 g/mol. The maximum atomic E-state index is 14.8. The lowest BCUT2D eigenvalue weighted by molar-refractivity contribution is -0.140. The number of nitrogens with one attached hydrogen (secondary N) is 1. The second-order valence-electron chi connectivity index (χ2n) is 12.8. The molecule has 4 aromatic carbocycles. The summed E-state index contributed by atoms with van der Waals surface area (Å²) in [6, 6.07) is 27.4. The van der Waals surface area contributed by atoms with E-state index in [1.807, 2.05) is 89.2 Å². The smallest absolute Gasteiger partial charge is 0.264 e. The summed E-state index contributed by atoms with van der Waals surface area (Å²) in [5.41, 5.74) is 3.12. The molecule has 0 aliphatic rings. The van der Waals surface area contributed by atoms with Gasteiger partial charge in [0, 0.05) is 24.6 Å². The molecule has 1 N–H and O–H groups in total. The van der Waals surface area contributed by atoms with E-state index in [1.54, 1.807) is 24.3 Å². The quantitative estimate of drug-likeness (QED) is 0.185. The number of methoxy groups -OCH3 is 2. The van der Waals surface area contributed by atoms with Crippen LogP contribution < -0.4 is 19.1 Å². The summed E-state index contributed by atoms with van der Waals surface area (Å²) in [5.74, 6) is -0.305. The fraction of sp³-hybridized carbons (Fsp3) is 0.316. The fourth-order valence-corrected chi connectivity index (χ4v) is 6.66. The van der Waals surface area contributed by atoms with Crippen molar-refractivity contribution in [1.29, 1.82) is 0 Å². The van der Waals surface area contributed by atoms with Crippen LogP contribution in [-0.4, -0.2) is 57.5 Å². The van der Waals surface area contributed by atoms with Crippen LogP contribution in [-0.2, 0) is 32.6 Å². The lowest BCUT2D eigenvalue weighted by Crippen LogP contribution is -2.56. The average Bonchev–Trinajstić information content (AvgIpc) is 3.05. The summed E-state index contributed by atoms with van der Waals surface area (Å²) in [5, 5.41) is 3.05. The third-order valence-corrected chi connectivity index (χ3v) is 9.56. The van der Waals surface area contributed by atoms with Crippen LogP contribution in [0.3, 0.4) is 0 Å². The number of amides is 2. The maximum Gasteiger partial charge on any atom is 0.264 e. The highest BCUT2D eigenvalue weighted by molar-refractivity contribution is 7.92. The Hall–Kier alpha value is -4.83. The van der Waals surface area contributed by atoms with E-state index in [4.69, 9.17) is 9.47 Å². The Balaban J connectivity index is 1.88. The summed E-state index contributed by atoms with van der Waals surface area (Å²) in [6.07, 6.45) is 0.216. The lowest BCUT2D eigenvalue weighted by Gasteiger charge is -2.35. The predicted molar refractivity (Wildman–Crippen MR) is 189 cm³/mol. The van der Waals surface area contributed by atoms with Crippen LogP contribution in [0.5, 0.6) is 11.5 Å². The highest BCUT2D eigenvalue weighted by Gasteiger charge is 2.36. The Kier molecular flexibility index (Phi) is 11.5. The van der Waals surface area contributed by atoms with Gasteiger partial charge in [0.25, 0.3) is 10.0 Å². The number of sulfonamides is 1. The van der Waals surface area contributed by atoms with Gasteiger partial charge in [0.1, 0.15) is 24.1 Å². The van der Waals surface area contributed by atoms with E-state index < -0.39 is 34.1 Å². The molecule has 0 fully saturated rings. The van der Waals surface area contributed by atoms with Crippen molar-refractivity contribution < 1.29 is 27.5 Å². The van der Waals surface area contributed by atoms with Crippen molar-refractivity contribution in [3.63, 3.8) is 0 Å². The van der Waals surface area contributed by atoms with Gasteiger partial charge in [0.05, 0.1) is 24.8 Å².